The summed E-state index contributed by atoms with van der Waals surface area (Å²) in [4.78, 5) is 0. The molecule has 3 heteroatoms. The zero-order chi connectivity index (χ0) is 13.8. The monoisotopic (exact) mass is 253 g/mol. The summed E-state index contributed by atoms with van der Waals surface area (Å²) in [5.41, 5.74) is 0.623. The van der Waals surface area contributed by atoms with Gasteiger partial charge in [-0.2, -0.15) is 0 Å². The number of benzene rings is 1. The normalized spacial score (nSPS) is 13.4. The maximum Gasteiger partial charge on any atom is 0.169 e. The van der Waals surface area contributed by atoms with Crippen molar-refractivity contribution < 1.29 is 9.13 Å². The Labute approximate surface area is 110 Å². The minimum Gasteiger partial charge on any atom is -0.494 e. The van der Waals surface area contributed by atoms with Gasteiger partial charge in [-0.25, -0.2) is 4.39 Å². The minimum absolute atomic E-state index is 0.0208. The maximum atomic E-state index is 14.3. The van der Waals surface area contributed by atoms with E-state index in [0.29, 0.717) is 11.3 Å². The van der Waals surface area contributed by atoms with E-state index in [1.807, 2.05) is 12.1 Å². The second-order valence-electron chi connectivity index (χ2n) is 5.62. The molecule has 1 rings (SSSR count). The van der Waals surface area contributed by atoms with Crippen LogP contribution in [0.3, 0.4) is 0 Å². The number of hydrogen-bond donors (Lipinski definition) is 1. The van der Waals surface area contributed by atoms with Gasteiger partial charge in [-0.1, -0.05) is 39.8 Å². The predicted octanol–water partition coefficient (Wildman–Crippen LogP) is 3.92. The van der Waals surface area contributed by atoms with Crippen LogP contribution < -0.4 is 10.1 Å². The lowest BCUT2D eigenvalue weighted by Gasteiger charge is -2.32. The van der Waals surface area contributed by atoms with Crippen LogP contribution in [-0.2, 0) is 0 Å². The second kappa shape index (κ2) is 6.19. The van der Waals surface area contributed by atoms with E-state index in [2.05, 4.69) is 33.0 Å². The van der Waals surface area contributed by atoms with Crippen molar-refractivity contribution in [3.8, 4) is 5.75 Å². The molecule has 0 saturated carbocycles. The lowest BCUT2D eigenvalue weighted by atomic mass is 9.82. The molecular weight excluding hydrogens is 229 g/mol. The highest BCUT2D eigenvalue weighted by Crippen LogP contribution is 2.36. The standard InChI is InChI=1S/C15H24FNO/c1-6-10-17-14(15(2,3)4)11-8-7-9-12(18-5)13(11)16/h7-9,14,17H,6,10H2,1-5H3. The molecule has 0 aliphatic carbocycles. The predicted molar refractivity (Wildman–Crippen MR) is 73.4 cm³/mol. The molecule has 1 aromatic carbocycles. The van der Waals surface area contributed by atoms with Crippen molar-refractivity contribution in [1.29, 1.82) is 0 Å². The topological polar surface area (TPSA) is 21.3 Å². The number of nitrogens with one attached hydrogen (secondary N) is 1. The average molecular weight is 253 g/mol. The highest BCUT2D eigenvalue weighted by atomic mass is 19.1. The van der Waals surface area contributed by atoms with Crippen molar-refractivity contribution in [2.75, 3.05) is 13.7 Å². The molecule has 1 atom stereocenters. The summed E-state index contributed by atoms with van der Waals surface area (Å²) in [5, 5.41) is 3.42. The summed E-state index contributed by atoms with van der Waals surface area (Å²) in [6.45, 7) is 9.31. The Morgan fingerprint density at radius 1 is 1.33 bits per heavy atom. The van der Waals surface area contributed by atoms with Crippen LogP contribution in [0.2, 0.25) is 0 Å². The van der Waals surface area contributed by atoms with E-state index in [-0.39, 0.29) is 17.3 Å². The lowest BCUT2D eigenvalue weighted by Crippen LogP contribution is -2.33. The van der Waals surface area contributed by atoms with Gasteiger partial charge in [0.25, 0.3) is 0 Å². The molecule has 0 heterocycles. The fourth-order valence-corrected chi connectivity index (χ4v) is 2.08. The van der Waals surface area contributed by atoms with Crippen LogP contribution >= 0.6 is 0 Å². The van der Waals surface area contributed by atoms with E-state index >= 15 is 0 Å². The summed E-state index contributed by atoms with van der Waals surface area (Å²) in [6, 6.07) is 5.30. The fourth-order valence-electron chi connectivity index (χ4n) is 2.08. The highest BCUT2D eigenvalue weighted by molar-refractivity contribution is 5.33. The summed E-state index contributed by atoms with van der Waals surface area (Å²) in [5.74, 6) is 0.0450. The zero-order valence-corrected chi connectivity index (χ0v) is 12.0. The third-order valence-electron chi connectivity index (χ3n) is 2.99. The molecule has 0 amide bonds. The Bertz CT molecular complexity index is 385. The van der Waals surface area contributed by atoms with Crippen molar-refractivity contribution in [2.24, 2.45) is 5.41 Å². The van der Waals surface area contributed by atoms with Crippen LogP contribution in [0.4, 0.5) is 4.39 Å². The zero-order valence-electron chi connectivity index (χ0n) is 12.0. The Hall–Kier alpha value is -1.09. The molecule has 1 N–H and O–H groups in total. The van der Waals surface area contributed by atoms with Crippen molar-refractivity contribution in [2.45, 2.75) is 40.2 Å². The van der Waals surface area contributed by atoms with E-state index < -0.39 is 0 Å². The van der Waals surface area contributed by atoms with Gasteiger partial charge in [0.2, 0.25) is 0 Å². The summed E-state index contributed by atoms with van der Waals surface area (Å²) >= 11 is 0. The van der Waals surface area contributed by atoms with Gasteiger partial charge in [0, 0.05) is 11.6 Å². The van der Waals surface area contributed by atoms with E-state index in [1.165, 1.54) is 7.11 Å². The molecule has 0 bridgehead atoms. The number of rotatable bonds is 5. The van der Waals surface area contributed by atoms with Crippen LogP contribution in [0.15, 0.2) is 18.2 Å². The molecule has 102 valence electrons. The average Bonchev–Trinajstić information content (AvgIpc) is 2.30. The summed E-state index contributed by atoms with van der Waals surface area (Å²) in [6.07, 6.45) is 1.03. The molecular formula is C15H24FNO. The Balaban J connectivity index is 3.13. The van der Waals surface area contributed by atoms with Crippen LogP contribution in [0.1, 0.15) is 45.7 Å². The molecule has 1 unspecified atom stereocenters. The van der Waals surface area contributed by atoms with Crippen molar-refractivity contribution in [3.63, 3.8) is 0 Å². The molecule has 0 aliphatic heterocycles. The van der Waals surface area contributed by atoms with Crippen molar-refractivity contribution >= 4 is 0 Å². The molecule has 0 fully saturated rings. The number of methoxy groups -OCH3 is 1. The maximum absolute atomic E-state index is 14.3. The largest absolute Gasteiger partial charge is 0.494 e. The van der Waals surface area contributed by atoms with Gasteiger partial charge in [0.15, 0.2) is 11.6 Å². The first kappa shape index (κ1) is 15.0. The summed E-state index contributed by atoms with van der Waals surface area (Å²) < 4.78 is 19.4. The first-order chi connectivity index (χ1) is 8.41. The van der Waals surface area contributed by atoms with Crippen LogP contribution in [0.25, 0.3) is 0 Å². The SMILES string of the molecule is CCCNC(c1cccc(OC)c1F)C(C)(C)C. The molecule has 0 aliphatic rings. The number of ether oxygens (including phenoxy) is 1. The van der Waals surface area contributed by atoms with Crippen molar-refractivity contribution in [1.82, 2.24) is 5.32 Å². The fraction of sp³-hybridized carbons (Fsp3) is 0.600. The molecule has 0 aromatic heterocycles. The van der Waals surface area contributed by atoms with E-state index in [1.54, 1.807) is 6.07 Å². The van der Waals surface area contributed by atoms with Gasteiger partial charge in [0.05, 0.1) is 7.11 Å². The Kier molecular flexibility index (Phi) is 5.15. The van der Waals surface area contributed by atoms with Gasteiger partial charge in [-0.3, -0.25) is 0 Å². The van der Waals surface area contributed by atoms with Gasteiger partial charge >= 0.3 is 0 Å². The van der Waals surface area contributed by atoms with Crippen LogP contribution in [0.5, 0.6) is 5.75 Å². The third kappa shape index (κ3) is 3.45. The van der Waals surface area contributed by atoms with Gasteiger partial charge in [-0.15, -0.1) is 0 Å². The number of hydrogen-bond acceptors (Lipinski definition) is 2. The van der Waals surface area contributed by atoms with E-state index in [4.69, 9.17) is 4.74 Å². The number of halogens is 1. The molecule has 0 radical (unpaired) electrons. The van der Waals surface area contributed by atoms with Crippen molar-refractivity contribution in [3.05, 3.63) is 29.6 Å². The Morgan fingerprint density at radius 2 is 2.00 bits per heavy atom. The molecule has 18 heavy (non-hydrogen) atoms. The molecule has 0 saturated heterocycles. The van der Waals surface area contributed by atoms with E-state index in [9.17, 15) is 4.39 Å². The highest BCUT2D eigenvalue weighted by Gasteiger charge is 2.28. The first-order valence-corrected chi connectivity index (χ1v) is 6.47. The van der Waals surface area contributed by atoms with Gasteiger partial charge in [-0.05, 0) is 24.4 Å². The minimum atomic E-state index is -0.261. The van der Waals surface area contributed by atoms with Gasteiger partial charge in [0.1, 0.15) is 0 Å². The van der Waals surface area contributed by atoms with Gasteiger partial charge < -0.3 is 10.1 Å². The second-order valence-corrected chi connectivity index (χ2v) is 5.62. The summed E-state index contributed by atoms with van der Waals surface area (Å²) in [7, 11) is 1.49. The molecule has 1 aromatic rings. The van der Waals surface area contributed by atoms with Crippen LogP contribution in [-0.4, -0.2) is 13.7 Å². The molecule has 2 nitrogen and oxygen atoms in total. The quantitative estimate of drug-likeness (QED) is 0.858. The smallest absolute Gasteiger partial charge is 0.169 e. The lowest BCUT2D eigenvalue weighted by molar-refractivity contribution is 0.264. The third-order valence-corrected chi connectivity index (χ3v) is 2.99. The van der Waals surface area contributed by atoms with E-state index in [0.717, 1.165) is 13.0 Å². The first-order valence-electron chi connectivity index (χ1n) is 6.47. The Morgan fingerprint density at radius 3 is 2.50 bits per heavy atom. The van der Waals surface area contributed by atoms with Crippen LogP contribution in [0, 0.1) is 11.2 Å². The molecule has 0 spiro atoms.